The molecule has 2 rings (SSSR count). The number of ether oxygens (including phenoxy) is 1. The number of halogens is 1. The maximum Gasteiger partial charge on any atom is 0.251 e. The third-order valence-corrected chi connectivity index (χ3v) is 4.36. The largest absolute Gasteiger partial charge is 0.494 e. The van der Waals surface area contributed by atoms with E-state index in [1.807, 2.05) is 12.1 Å². The molecule has 2 N–H and O–H groups in total. The van der Waals surface area contributed by atoms with E-state index in [9.17, 15) is 14.0 Å². The Kier molecular flexibility index (Phi) is 8.19. The van der Waals surface area contributed by atoms with Crippen LogP contribution in [-0.4, -0.2) is 31.5 Å². The second-order valence-corrected chi connectivity index (χ2v) is 7.84. The lowest BCUT2D eigenvalue weighted by Gasteiger charge is -2.19. The molecule has 0 atom stereocenters. The van der Waals surface area contributed by atoms with E-state index in [1.54, 1.807) is 0 Å². The van der Waals surface area contributed by atoms with Crippen molar-refractivity contribution in [3.05, 3.63) is 65.5 Å². The lowest BCUT2D eigenvalue weighted by Crippen LogP contribution is -2.34. The number of nitrogens with one attached hydrogen (secondary N) is 2. The first kappa shape index (κ1) is 22.4. The quantitative estimate of drug-likeness (QED) is 0.629. The number of rotatable bonds is 9. The Morgan fingerprint density at radius 3 is 2.34 bits per heavy atom. The maximum atomic E-state index is 13.1. The highest BCUT2D eigenvalue weighted by atomic mass is 19.1. The Balaban J connectivity index is 1.57. The predicted molar refractivity (Wildman–Crippen MR) is 112 cm³/mol. The Morgan fingerprint density at radius 2 is 1.69 bits per heavy atom. The number of amides is 2. The summed E-state index contributed by atoms with van der Waals surface area (Å²) < 4.78 is 18.8. The fourth-order valence-corrected chi connectivity index (χ4v) is 2.67. The highest BCUT2D eigenvalue weighted by molar-refractivity contribution is 5.94. The van der Waals surface area contributed by atoms with Gasteiger partial charge in [-0.1, -0.05) is 39.0 Å². The van der Waals surface area contributed by atoms with Crippen molar-refractivity contribution in [2.75, 3.05) is 19.7 Å². The molecule has 0 aromatic heterocycles. The summed E-state index contributed by atoms with van der Waals surface area (Å²) in [5.41, 5.74) is 1.60. The highest BCUT2D eigenvalue weighted by Crippen LogP contribution is 2.24. The third kappa shape index (κ3) is 7.94. The van der Waals surface area contributed by atoms with E-state index in [0.29, 0.717) is 26.0 Å². The van der Waals surface area contributed by atoms with E-state index in [-0.39, 0.29) is 29.3 Å². The number of hydrogen-bond donors (Lipinski definition) is 2. The molecule has 0 spiro atoms. The van der Waals surface area contributed by atoms with E-state index in [1.165, 1.54) is 29.8 Å². The molecule has 0 aliphatic heterocycles. The van der Waals surface area contributed by atoms with Gasteiger partial charge in [-0.05, 0) is 47.7 Å². The maximum absolute atomic E-state index is 13.1. The van der Waals surface area contributed by atoms with Crippen molar-refractivity contribution in [3.63, 3.8) is 0 Å². The minimum atomic E-state index is -0.460. The number of benzene rings is 2. The van der Waals surface area contributed by atoms with Gasteiger partial charge in [-0.3, -0.25) is 9.59 Å². The Bertz CT molecular complexity index is 814. The van der Waals surface area contributed by atoms with Crippen LogP contribution in [0.1, 0.15) is 49.5 Å². The molecule has 0 unspecified atom stereocenters. The van der Waals surface area contributed by atoms with E-state index in [2.05, 4.69) is 43.5 Å². The van der Waals surface area contributed by atoms with Crippen LogP contribution in [0.3, 0.4) is 0 Å². The van der Waals surface area contributed by atoms with E-state index in [4.69, 9.17) is 4.74 Å². The zero-order valence-corrected chi connectivity index (χ0v) is 17.3. The van der Waals surface area contributed by atoms with Gasteiger partial charge in [0.15, 0.2) is 0 Å². The van der Waals surface area contributed by atoms with Gasteiger partial charge in [-0.15, -0.1) is 0 Å². The molecule has 0 radical (unpaired) electrons. The first-order chi connectivity index (χ1) is 13.8. The van der Waals surface area contributed by atoms with Crippen molar-refractivity contribution in [2.45, 2.75) is 39.0 Å². The molecule has 2 aromatic rings. The van der Waals surface area contributed by atoms with Crippen LogP contribution in [-0.2, 0) is 10.2 Å². The highest BCUT2D eigenvalue weighted by Gasteiger charge is 2.13. The van der Waals surface area contributed by atoms with E-state index >= 15 is 0 Å². The lowest BCUT2D eigenvalue weighted by molar-refractivity contribution is -0.121. The van der Waals surface area contributed by atoms with Crippen molar-refractivity contribution in [1.29, 1.82) is 0 Å². The molecule has 0 fully saturated rings. The van der Waals surface area contributed by atoms with Crippen molar-refractivity contribution >= 4 is 11.8 Å². The topological polar surface area (TPSA) is 67.4 Å². The molecule has 2 aromatic carbocycles. The van der Waals surface area contributed by atoms with Gasteiger partial charge in [-0.25, -0.2) is 4.39 Å². The Morgan fingerprint density at radius 1 is 1.00 bits per heavy atom. The monoisotopic (exact) mass is 400 g/mol. The Labute approximate surface area is 171 Å². The minimum absolute atomic E-state index is 0.100. The smallest absolute Gasteiger partial charge is 0.251 e. The molecule has 5 nitrogen and oxygen atoms in total. The molecule has 0 heterocycles. The molecule has 0 aliphatic rings. The summed E-state index contributed by atoms with van der Waals surface area (Å²) >= 11 is 0. The van der Waals surface area contributed by atoms with Crippen LogP contribution in [0.4, 0.5) is 4.39 Å². The standard InChI is InChI=1S/C23H29FN2O3/c1-23(2,3)18-9-11-20(12-10-18)29-15-5-8-21(27)25-13-14-26-22(28)17-6-4-7-19(24)16-17/h4,6-7,9-12,16H,5,8,13-15H2,1-3H3,(H,25,27)(H,26,28). The van der Waals surface area contributed by atoms with Gasteiger partial charge in [0.2, 0.25) is 5.91 Å². The van der Waals surface area contributed by atoms with Crippen LogP contribution in [0, 0.1) is 5.82 Å². The SMILES string of the molecule is CC(C)(C)c1ccc(OCCCC(=O)NCCNC(=O)c2cccc(F)c2)cc1. The third-order valence-electron chi connectivity index (χ3n) is 4.36. The van der Waals surface area contributed by atoms with Gasteiger partial charge in [-0.2, -0.15) is 0 Å². The second-order valence-electron chi connectivity index (χ2n) is 7.84. The van der Waals surface area contributed by atoms with Crippen LogP contribution < -0.4 is 15.4 Å². The lowest BCUT2D eigenvalue weighted by atomic mass is 9.87. The van der Waals surface area contributed by atoms with E-state index in [0.717, 1.165) is 5.75 Å². The van der Waals surface area contributed by atoms with Gasteiger partial charge in [0, 0.05) is 25.1 Å². The summed E-state index contributed by atoms with van der Waals surface area (Å²) in [5.74, 6) is -0.141. The molecule has 6 heteroatoms. The summed E-state index contributed by atoms with van der Waals surface area (Å²) in [6.07, 6.45) is 0.945. The van der Waals surface area contributed by atoms with Crippen molar-refractivity contribution in [2.24, 2.45) is 0 Å². The summed E-state index contributed by atoms with van der Waals surface area (Å²) in [5, 5.41) is 5.38. The van der Waals surface area contributed by atoms with Gasteiger partial charge < -0.3 is 15.4 Å². The molecule has 0 saturated heterocycles. The van der Waals surface area contributed by atoms with E-state index < -0.39 is 5.82 Å². The molecular weight excluding hydrogens is 371 g/mol. The van der Waals surface area contributed by atoms with Crippen LogP contribution in [0.2, 0.25) is 0 Å². The molecule has 2 amide bonds. The first-order valence-corrected chi connectivity index (χ1v) is 9.79. The van der Waals surface area contributed by atoms with Crippen molar-refractivity contribution in [3.8, 4) is 5.75 Å². The summed E-state index contributed by atoms with van der Waals surface area (Å²) in [4.78, 5) is 23.7. The van der Waals surface area contributed by atoms with Gasteiger partial charge in [0.1, 0.15) is 11.6 Å². The Hall–Kier alpha value is -2.89. The molecule has 0 saturated carbocycles. The van der Waals surface area contributed by atoms with Crippen LogP contribution in [0.5, 0.6) is 5.75 Å². The normalized spacial score (nSPS) is 11.0. The van der Waals surface area contributed by atoms with Crippen molar-refractivity contribution in [1.82, 2.24) is 10.6 Å². The number of carbonyl (C=O) groups is 2. The average molecular weight is 400 g/mol. The second kappa shape index (κ2) is 10.6. The zero-order valence-electron chi connectivity index (χ0n) is 17.3. The van der Waals surface area contributed by atoms with Crippen molar-refractivity contribution < 1.29 is 18.7 Å². The van der Waals surface area contributed by atoms with Gasteiger partial charge in [0.25, 0.3) is 5.91 Å². The fourth-order valence-electron chi connectivity index (χ4n) is 2.67. The summed E-state index contributed by atoms with van der Waals surface area (Å²) in [7, 11) is 0. The number of carbonyl (C=O) groups excluding carboxylic acids is 2. The minimum Gasteiger partial charge on any atom is -0.494 e. The molecule has 0 bridgehead atoms. The molecule has 156 valence electrons. The fraction of sp³-hybridized carbons (Fsp3) is 0.391. The molecular formula is C23H29FN2O3. The first-order valence-electron chi connectivity index (χ1n) is 9.79. The average Bonchev–Trinajstić information content (AvgIpc) is 2.68. The van der Waals surface area contributed by atoms with Crippen LogP contribution in [0.25, 0.3) is 0 Å². The zero-order chi connectivity index (χ0) is 21.3. The number of hydrogen-bond acceptors (Lipinski definition) is 3. The predicted octanol–water partition coefficient (Wildman–Crippen LogP) is 3.83. The molecule has 29 heavy (non-hydrogen) atoms. The van der Waals surface area contributed by atoms with Crippen LogP contribution >= 0.6 is 0 Å². The van der Waals surface area contributed by atoms with Gasteiger partial charge in [0.05, 0.1) is 6.61 Å². The summed E-state index contributed by atoms with van der Waals surface area (Å²) in [6, 6.07) is 13.5. The van der Waals surface area contributed by atoms with Crippen LogP contribution in [0.15, 0.2) is 48.5 Å². The summed E-state index contributed by atoms with van der Waals surface area (Å²) in [6.45, 7) is 7.53. The van der Waals surface area contributed by atoms with Gasteiger partial charge >= 0.3 is 0 Å². The molecule has 0 aliphatic carbocycles.